The van der Waals surface area contributed by atoms with E-state index in [9.17, 15) is 9.59 Å². The zero-order valence-corrected chi connectivity index (χ0v) is 13.1. The van der Waals surface area contributed by atoms with Gasteiger partial charge in [0, 0.05) is 16.5 Å². The summed E-state index contributed by atoms with van der Waals surface area (Å²) in [6.45, 7) is 1.99. The summed E-state index contributed by atoms with van der Waals surface area (Å²) in [4.78, 5) is 23.9. The van der Waals surface area contributed by atoms with Gasteiger partial charge >= 0.3 is 0 Å². The van der Waals surface area contributed by atoms with Crippen LogP contribution < -0.4 is 10.9 Å². The standard InChI is InChI=1S/C16H15N3O3S/c1-11-7-14(23-10-11)9-17-18-16(21)13-4-2-3-12(8-13)5-6-15(20)19-22/h2-10,22H,1H3,(H,18,21)(H,19,20)/b6-5+,17-9+. The molecule has 0 spiro atoms. The van der Waals surface area contributed by atoms with Gasteiger partial charge in [-0.25, -0.2) is 10.9 Å². The van der Waals surface area contributed by atoms with Crippen molar-refractivity contribution in [3.8, 4) is 0 Å². The first-order valence-corrected chi connectivity index (χ1v) is 7.57. The Kier molecular flexibility index (Phi) is 5.79. The Morgan fingerprint density at radius 3 is 2.83 bits per heavy atom. The maximum absolute atomic E-state index is 12.0. The maximum Gasteiger partial charge on any atom is 0.271 e. The zero-order valence-electron chi connectivity index (χ0n) is 12.3. The summed E-state index contributed by atoms with van der Waals surface area (Å²) in [5, 5.41) is 14.3. The fourth-order valence-electron chi connectivity index (χ4n) is 1.73. The number of carbonyl (C=O) groups is 2. The van der Waals surface area contributed by atoms with Crippen LogP contribution in [-0.2, 0) is 4.79 Å². The molecule has 1 aromatic heterocycles. The lowest BCUT2D eigenvalue weighted by Gasteiger charge is -2.01. The highest BCUT2D eigenvalue weighted by atomic mass is 32.1. The third-order valence-corrected chi connectivity index (χ3v) is 3.78. The highest BCUT2D eigenvalue weighted by Crippen LogP contribution is 2.11. The largest absolute Gasteiger partial charge is 0.288 e. The minimum absolute atomic E-state index is 0.351. The van der Waals surface area contributed by atoms with Gasteiger partial charge in [0.2, 0.25) is 0 Å². The molecule has 0 fully saturated rings. The highest BCUT2D eigenvalue weighted by molar-refractivity contribution is 7.11. The molecule has 6 nitrogen and oxygen atoms in total. The van der Waals surface area contributed by atoms with Gasteiger partial charge in [0.15, 0.2) is 0 Å². The Labute approximate surface area is 137 Å². The van der Waals surface area contributed by atoms with Crippen LogP contribution in [-0.4, -0.2) is 23.2 Å². The summed E-state index contributed by atoms with van der Waals surface area (Å²) in [6, 6.07) is 8.65. The summed E-state index contributed by atoms with van der Waals surface area (Å²) < 4.78 is 0. The number of benzene rings is 1. The molecule has 1 aromatic carbocycles. The number of carbonyl (C=O) groups excluding carboxylic acids is 2. The molecule has 0 atom stereocenters. The molecule has 2 amide bonds. The van der Waals surface area contributed by atoms with Crippen molar-refractivity contribution in [1.29, 1.82) is 0 Å². The van der Waals surface area contributed by atoms with Crippen molar-refractivity contribution in [3.05, 3.63) is 63.4 Å². The highest BCUT2D eigenvalue weighted by Gasteiger charge is 2.04. The van der Waals surface area contributed by atoms with Crippen molar-refractivity contribution in [2.45, 2.75) is 6.92 Å². The number of amides is 2. The SMILES string of the molecule is Cc1csc(/C=N/NC(=O)c2cccc(/C=C/C(=O)NO)c2)c1. The number of nitrogens with one attached hydrogen (secondary N) is 2. The lowest BCUT2D eigenvalue weighted by molar-refractivity contribution is -0.124. The van der Waals surface area contributed by atoms with Gasteiger partial charge in [0.25, 0.3) is 11.8 Å². The summed E-state index contributed by atoms with van der Waals surface area (Å²) in [7, 11) is 0. The second-order valence-corrected chi connectivity index (χ2v) is 5.60. The number of hydrogen-bond donors (Lipinski definition) is 3. The van der Waals surface area contributed by atoms with Crippen molar-refractivity contribution in [1.82, 2.24) is 10.9 Å². The van der Waals surface area contributed by atoms with Crippen molar-refractivity contribution in [2.24, 2.45) is 5.10 Å². The third-order valence-electron chi connectivity index (χ3n) is 2.79. The lowest BCUT2D eigenvalue weighted by Crippen LogP contribution is -2.17. The Bertz CT molecular complexity index is 765. The molecule has 0 radical (unpaired) electrons. The summed E-state index contributed by atoms with van der Waals surface area (Å²) in [6.07, 6.45) is 4.24. The van der Waals surface area contributed by atoms with Gasteiger partial charge in [0.1, 0.15) is 0 Å². The minimum atomic E-state index is -0.643. The van der Waals surface area contributed by atoms with Gasteiger partial charge in [-0.15, -0.1) is 11.3 Å². The Hall–Kier alpha value is -2.77. The quantitative estimate of drug-likeness (QED) is 0.340. The molecule has 1 heterocycles. The van der Waals surface area contributed by atoms with Crippen LogP contribution in [0.15, 0.2) is 46.9 Å². The zero-order chi connectivity index (χ0) is 16.7. The van der Waals surface area contributed by atoms with E-state index in [1.54, 1.807) is 41.8 Å². The smallest absolute Gasteiger partial charge is 0.271 e. The number of rotatable bonds is 5. The first-order chi connectivity index (χ1) is 11.1. The van der Waals surface area contributed by atoms with E-state index in [0.717, 1.165) is 16.5 Å². The van der Waals surface area contributed by atoms with Crippen LogP contribution in [0.2, 0.25) is 0 Å². The van der Waals surface area contributed by atoms with E-state index in [4.69, 9.17) is 5.21 Å². The normalized spacial score (nSPS) is 11.0. The predicted molar refractivity (Wildman–Crippen MR) is 89.5 cm³/mol. The van der Waals surface area contributed by atoms with Crippen molar-refractivity contribution < 1.29 is 14.8 Å². The van der Waals surface area contributed by atoms with Crippen LogP contribution >= 0.6 is 11.3 Å². The average Bonchev–Trinajstić information content (AvgIpc) is 2.98. The number of hydroxylamine groups is 1. The fourth-order valence-corrected chi connectivity index (χ4v) is 2.49. The maximum atomic E-state index is 12.0. The van der Waals surface area contributed by atoms with Gasteiger partial charge in [0.05, 0.1) is 6.21 Å². The first-order valence-electron chi connectivity index (χ1n) is 6.69. The monoisotopic (exact) mass is 329 g/mol. The van der Waals surface area contributed by atoms with Crippen LogP contribution in [0.1, 0.15) is 26.4 Å². The van der Waals surface area contributed by atoms with Gasteiger partial charge < -0.3 is 0 Å². The molecule has 0 unspecified atom stereocenters. The minimum Gasteiger partial charge on any atom is -0.288 e. The molecule has 0 saturated heterocycles. The molecule has 2 rings (SSSR count). The van der Waals surface area contributed by atoms with Gasteiger partial charge in [-0.2, -0.15) is 5.10 Å². The molecule has 2 aromatic rings. The van der Waals surface area contributed by atoms with E-state index in [-0.39, 0.29) is 5.91 Å². The van der Waals surface area contributed by atoms with Crippen molar-refractivity contribution >= 4 is 35.4 Å². The van der Waals surface area contributed by atoms with Crippen molar-refractivity contribution in [2.75, 3.05) is 0 Å². The molecule has 0 bridgehead atoms. The molecule has 118 valence electrons. The van der Waals surface area contributed by atoms with E-state index >= 15 is 0 Å². The lowest BCUT2D eigenvalue weighted by atomic mass is 10.1. The predicted octanol–water partition coefficient (Wildman–Crippen LogP) is 2.34. The Balaban J connectivity index is 2.00. The van der Waals surface area contributed by atoms with Gasteiger partial charge in [-0.1, -0.05) is 12.1 Å². The van der Waals surface area contributed by atoms with E-state index in [2.05, 4.69) is 10.5 Å². The molecule has 23 heavy (non-hydrogen) atoms. The molecular weight excluding hydrogens is 314 g/mol. The topological polar surface area (TPSA) is 90.8 Å². The number of hydrogen-bond acceptors (Lipinski definition) is 5. The third kappa shape index (κ3) is 5.17. The second kappa shape index (κ2) is 8.02. The second-order valence-electron chi connectivity index (χ2n) is 4.66. The fraction of sp³-hybridized carbons (Fsp3) is 0.0625. The van der Waals surface area contributed by atoms with Gasteiger partial charge in [-0.05, 0) is 47.7 Å². The summed E-state index contributed by atoms with van der Waals surface area (Å²) >= 11 is 1.54. The van der Waals surface area contributed by atoms with Crippen molar-refractivity contribution in [3.63, 3.8) is 0 Å². The van der Waals surface area contributed by atoms with Crippen LogP contribution in [0, 0.1) is 6.92 Å². The molecule has 0 aliphatic heterocycles. The van der Waals surface area contributed by atoms with E-state index < -0.39 is 5.91 Å². The molecule has 7 heteroatoms. The molecule has 0 aliphatic carbocycles. The van der Waals surface area contributed by atoms with Crippen LogP contribution in [0.5, 0.6) is 0 Å². The molecule has 0 saturated carbocycles. The van der Waals surface area contributed by atoms with Crippen LogP contribution in [0.25, 0.3) is 6.08 Å². The van der Waals surface area contributed by atoms with E-state index in [1.165, 1.54) is 11.6 Å². The summed E-state index contributed by atoms with van der Waals surface area (Å²) in [5.41, 5.74) is 6.16. The van der Waals surface area contributed by atoms with E-state index in [0.29, 0.717) is 11.1 Å². The Morgan fingerprint density at radius 2 is 2.13 bits per heavy atom. The number of thiophene rings is 1. The number of hydrazone groups is 1. The average molecular weight is 329 g/mol. The summed E-state index contributed by atoms with van der Waals surface area (Å²) in [5.74, 6) is -0.993. The molecular formula is C16H15N3O3S. The molecule has 0 aliphatic rings. The van der Waals surface area contributed by atoms with E-state index in [1.807, 2.05) is 18.4 Å². The molecule has 3 N–H and O–H groups in total. The first kappa shape index (κ1) is 16.6. The van der Waals surface area contributed by atoms with Crippen LogP contribution in [0.4, 0.5) is 0 Å². The van der Waals surface area contributed by atoms with Crippen LogP contribution in [0.3, 0.4) is 0 Å². The Morgan fingerprint density at radius 1 is 1.30 bits per heavy atom. The number of aryl methyl sites for hydroxylation is 1. The van der Waals surface area contributed by atoms with Gasteiger partial charge in [-0.3, -0.25) is 14.8 Å². The number of nitrogens with zero attached hydrogens (tertiary/aromatic N) is 1.